The van der Waals surface area contributed by atoms with Crippen LogP contribution in [0, 0.1) is 0 Å². The molecule has 0 radical (unpaired) electrons. The van der Waals surface area contributed by atoms with Gasteiger partial charge in [-0.15, -0.1) is 11.3 Å². The SMILES string of the molecule is CCc1cc2c(NC(CC)CO)nc(NN)nc2s1. The normalized spacial score (nSPS) is 12.6. The van der Waals surface area contributed by atoms with Gasteiger partial charge >= 0.3 is 0 Å². The van der Waals surface area contributed by atoms with Gasteiger partial charge in [0.1, 0.15) is 10.6 Å². The number of nitrogens with zero attached hydrogens (tertiary/aromatic N) is 2. The van der Waals surface area contributed by atoms with Crippen molar-refractivity contribution in [2.75, 3.05) is 17.3 Å². The van der Waals surface area contributed by atoms with Crippen LogP contribution in [0.2, 0.25) is 0 Å². The van der Waals surface area contributed by atoms with Crippen LogP contribution in [0.4, 0.5) is 11.8 Å². The standard InChI is InChI=1S/C12H19N5OS/c1-3-7(6-18)14-10-9-5-8(4-2)19-11(9)16-12(15-10)17-13/h5,7,18H,3-4,6,13H2,1-2H3,(H2,14,15,16,17). The fraction of sp³-hybridized carbons (Fsp3) is 0.500. The topological polar surface area (TPSA) is 96.1 Å². The van der Waals surface area contributed by atoms with Gasteiger partial charge in [0, 0.05) is 4.88 Å². The molecule has 2 aromatic rings. The predicted octanol–water partition coefficient (Wildman–Crippen LogP) is 1.72. The molecule has 0 aliphatic heterocycles. The Bertz CT molecular complexity index is 552. The number of aromatic nitrogens is 2. The molecule has 0 bridgehead atoms. The fourth-order valence-corrected chi connectivity index (χ4v) is 2.76. The summed E-state index contributed by atoms with van der Waals surface area (Å²) >= 11 is 1.63. The van der Waals surface area contributed by atoms with E-state index in [1.807, 2.05) is 6.92 Å². The molecule has 104 valence electrons. The fourth-order valence-electron chi connectivity index (χ4n) is 1.79. The quantitative estimate of drug-likeness (QED) is 0.475. The van der Waals surface area contributed by atoms with Gasteiger partial charge in [-0.05, 0) is 18.9 Å². The number of hydrogen-bond acceptors (Lipinski definition) is 7. The minimum absolute atomic E-state index is 0.0197. The lowest BCUT2D eigenvalue weighted by Crippen LogP contribution is -2.24. The Morgan fingerprint density at radius 2 is 2.21 bits per heavy atom. The Morgan fingerprint density at radius 3 is 2.79 bits per heavy atom. The maximum absolute atomic E-state index is 9.29. The number of fused-ring (bicyclic) bond motifs is 1. The van der Waals surface area contributed by atoms with E-state index in [9.17, 15) is 5.11 Å². The first-order valence-corrected chi connectivity index (χ1v) is 7.17. The smallest absolute Gasteiger partial charge is 0.240 e. The van der Waals surface area contributed by atoms with E-state index in [0.29, 0.717) is 5.95 Å². The molecule has 2 heterocycles. The number of nitrogens with one attached hydrogen (secondary N) is 2. The highest BCUT2D eigenvalue weighted by Crippen LogP contribution is 2.30. The Kier molecular flexibility index (Phi) is 4.52. The maximum Gasteiger partial charge on any atom is 0.240 e. The molecular formula is C12H19N5OS. The highest BCUT2D eigenvalue weighted by molar-refractivity contribution is 7.18. The van der Waals surface area contributed by atoms with Gasteiger partial charge in [0.25, 0.3) is 0 Å². The number of nitrogens with two attached hydrogens (primary N) is 1. The molecular weight excluding hydrogens is 262 g/mol. The summed E-state index contributed by atoms with van der Waals surface area (Å²) in [7, 11) is 0. The Labute approximate surface area is 116 Å². The van der Waals surface area contributed by atoms with Gasteiger partial charge in [0.15, 0.2) is 0 Å². The molecule has 2 rings (SSSR count). The number of aliphatic hydroxyl groups is 1. The molecule has 0 aromatic carbocycles. The summed E-state index contributed by atoms with van der Waals surface area (Å²) in [6.07, 6.45) is 1.78. The molecule has 0 spiro atoms. The number of thiophene rings is 1. The molecule has 0 fully saturated rings. The summed E-state index contributed by atoms with van der Waals surface area (Å²) in [6.45, 7) is 4.19. The second-order valence-electron chi connectivity index (χ2n) is 4.26. The summed E-state index contributed by atoms with van der Waals surface area (Å²) in [5.41, 5.74) is 2.48. The molecule has 0 saturated heterocycles. The number of hydrogen-bond donors (Lipinski definition) is 4. The number of anilines is 2. The van der Waals surface area contributed by atoms with E-state index >= 15 is 0 Å². The summed E-state index contributed by atoms with van der Waals surface area (Å²) < 4.78 is 0. The zero-order chi connectivity index (χ0) is 13.8. The summed E-state index contributed by atoms with van der Waals surface area (Å²) in [5.74, 6) is 6.50. The monoisotopic (exact) mass is 281 g/mol. The molecule has 0 aliphatic carbocycles. The van der Waals surface area contributed by atoms with Crippen molar-refractivity contribution in [1.82, 2.24) is 9.97 Å². The number of aliphatic hydroxyl groups excluding tert-OH is 1. The van der Waals surface area contributed by atoms with Crippen molar-refractivity contribution >= 4 is 33.3 Å². The first-order chi connectivity index (χ1) is 9.21. The predicted molar refractivity (Wildman–Crippen MR) is 79.4 cm³/mol. The number of hydrazine groups is 1. The third-order valence-corrected chi connectivity index (χ3v) is 4.15. The van der Waals surface area contributed by atoms with E-state index < -0.39 is 0 Å². The van der Waals surface area contributed by atoms with Gasteiger partial charge in [-0.25, -0.2) is 10.8 Å². The molecule has 6 nitrogen and oxygen atoms in total. The van der Waals surface area contributed by atoms with Crippen LogP contribution in [0.15, 0.2) is 6.07 Å². The van der Waals surface area contributed by atoms with Crippen molar-refractivity contribution in [2.45, 2.75) is 32.7 Å². The van der Waals surface area contributed by atoms with Crippen molar-refractivity contribution in [1.29, 1.82) is 0 Å². The second kappa shape index (κ2) is 6.14. The molecule has 1 unspecified atom stereocenters. The van der Waals surface area contributed by atoms with E-state index in [-0.39, 0.29) is 12.6 Å². The first kappa shape index (κ1) is 14.0. The van der Waals surface area contributed by atoms with Crippen molar-refractivity contribution < 1.29 is 5.11 Å². The summed E-state index contributed by atoms with van der Waals surface area (Å²) in [6, 6.07) is 2.07. The van der Waals surface area contributed by atoms with Gasteiger partial charge in [0.05, 0.1) is 18.0 Å². The molecule has 19 heavy (non-hydrogen) atoms. The third-order valence-electron chi connectivity index (χ3n) is 2.98. The lowest BCUT2D eigenvalue weighted by atomic mass is 10.2. The Hall–Kier alpha value is -1.44. The van der Waals surface area contributed by atoms with E-state index in [1.165, 1.54) is 4.88 Å². The average Bonchev–Trinajstić information content (AvgIpc) is 2.87. The maximum atomic E-state index is 9.29. The number of aryl methyl sites for hydroxylation is 1. The minimum Gasteiger partial charge on any atom is -0.394 e. The van der Waals surface area contributed by atoms with E-state index in [0.717, 1.165) is 28.9 Å². The van der Waals surface area contributed by atoms with E-state index in [2.05, 4.69) is 33.7 Å². The zero-order valence-corrected chi connectivity index (χ0v) is 11.9. The molecule has 1 atom stereocenters. The largest absolute Gasteiger partial charge is 0.394 e. The van der Waals surface area contributed by atoms with Gasteiger partial charge < -0.3 is 10.4 Å². The molecule has 7 heteroatoms. The van der Waals surface area contributed by atoms with Gasteiger partial charge in [-0.2, -0.15) is 4.98 Å². The minimum atomic E-state index is -0.0197. The van der Waals surface area contributed by atoms with Crippen LogP contribution < -0.4 is 16.6 Å². The summed E-state index contributed by atoms with van der Waals surface area (Å²) in [5, 5.41) is 13.5. The van der Waals surface area contributed by atoms with Crippen LogP contribution in [-0.4, -0.2) is 27.7 Å². The molecule has 0 aliphatic rings. The van der Waals surface area contributed by atoms with Crippen LogP contribution in [-0.2, 0) is 6.42 Å². The molecule has 5 N–H and O–H groups in total. The van der Waals surface area contributed by atoms with Crippen molar-refractivity contribution in [2.24, 2.45) is 5.84 Å². The van der Waals surface area contributed by atoms with Gasteiger partial charge in [-0.1, -0.05) is 13.8 Å². The van der Waals surface area contributed by atoms with Crippen LogP contribution in [0.25, 0.3) is 10.2 Å². The molecule has 2 aromatic heterocycles. The van der Waals surface area contributed by atoms with Gasteiger partial charge in [0.2, 0.25) is 5.95 Å². The van der Waals surface area contributed by atoms with E-state index in [1.54, 1.807) is 11.3 Å². The van der Waals surface area contributed by atoms with Crippen LogP contribution in [0.5, 0.6) is 0 Å². The van der Waals surface area contributed by atoms with Crippen molar-refractivity contribution in [3.63, 3.8) is 0 Å². The third kappa shape index (κ3) is 2.94. The van der Waals surface area contributed by atoms with Crippen LogP contribution >= 0.6 is 11.3 Å². The lowest BCUT2D eigenvalue weighted by molar-refractivity contribution is 0.271. The highest BCUT2D eigenvalue weighted by atomic mass is 32.1. The summed E-state index contributed by atoms with van der Waals surface area (Å²) in [4.78, 5) is 10.8. The Morgan fingerprint density at radius 1 is 1.42 bits per heavy atom. The Balaban J connectivity index is 2.46. The number of nitrogen functional groups attached to an aromatic ring is 1. The number of rotatable bonds is 6. The highest BCUT2D eigenvalue weighted by Gasteiger charge is 2.13. The second-order valence-corrected chi connectivity index (χ2v) is 5.37. The average molecular weight is 281 g/mol. The van der Waals surface area contributed by atoms with Crippen molar-refractivity contribution in [3.8, 4) is 0 Å². The van der Waals surface area contributed by atoms with E-state index in [4.69, 9.17) is 5.84 Å². The lowest BCUT2D eigenvalue weighted by Gasteiger charge is -2.15. The molecule has 0 amide bonds. The van der Waals surface area contributed by atoms with Gasteiger partial charge in [-0.3, -0.25) is 5.43 Å². The van der Waals surface area contributed by atoms with Crippen molar-refractivity contribution in [3.05, 3.63) is 10.9 Å². The first-order valence-electron chi connectivity index (χ1n) is 6.36. The zero-order valence-electron chi connectivity index (χ0n) is 11.1. The molecule has 0 saturated carbocycles. The van der Waals surface area contributed by atoms with Crippen LogP contribution in [0.1, 0.15) is 25.1 Å². The van der Waals surface area contributed by atoms with Crippen LogP contribution in [0.3, 0.4) is 0 Å².